The largest absolute Gasteiger partial charge is 0.465 e. The molecule has 0 saturated heterocycles. The van der Waals surface area contributed by atoms with Gasteiger partial charge < -0.3 is 4.74 Å². The highest BCUT2D eigenvalue weighted by Gasteiger charge is 2.59. The number of carbonyl (C=O) groups excluding carboxylic acids is 1. The molecule has 0 aromatic heterocycles. The smallest absolute Gasteiger partial charge is 0.408 e. The number of halogens is 3. The minimum atomic E-state index is -4.69. The second-order valence-electron chi connectivity index (χ2n) is 3.71. The van der Waals surface area contributed by atoms with E-state index in [-0.39, 0.29) is 12.2 Å². The van der Waals surface area contributed by atoms with Crippen molar-refractivity contribution in [2.75, 3.05) is 6.61 Å². The lowest BCUT2D eigenvalue weighted by Crippen LogP contribution is -2.47. The first-order valence-electron chi connectivity index (χ1n) is 5.13. The highest BCUT2D eigenvalue weighted by molar-refractivity contribution is 5.83. The number of ether oxygens (including phenoxy) is 1. The zero-order valence-electron chi connectivity index (χ0n) is 9.54. The molecule has 1 aromatic rings. The van der Waals surface area contributed by atoms with Gasteiger partial charge in [0.2, 0.25) is 0 Å². The van der Waals surface area contributed by atoms with Gasteiger partial charge in [-0.25, -0.2) is 0 Å². The number of carbonyl (C=O) groups is 1. The third kappa shape index (κ3) is 2.43. The molecule has 1 unspecified atom stereocenters. The third-order valence-electron chi connectivity index (χ3n) is 2.60. The van der Waals surface area contributed by atoms with E-state index in [1.807, 2.05) is 0 Å². The van der Waals surface area contributed by atoms with Gasteiger partial charge in [-0.1, -0.05) is 30.3 Å². The maximum atomic E-state index is 13.1. The molecule has 0 aliphatic carbocycles. The Kier molecular flexibility index (Phi) is 3.80. The molecule has 0 fully saturated rings. The Labute approximate surface area is 97.4 Å². The lowest BCUT2D eigenvalue weighted by molar-refractivity contribution is -0.205. The van der Waals surface area contributed by atoms with Crippen LogP contribution >= 0.6 is 0 Å². The van der Waals surface area contributed by atoms with Crippen molar-refractivity contribution in [3.05, 3.63) is 35.9 Å². The molecule has 0 heterocycles. The summed E-state index contributed by atoms with van der Waals surface area (Å²) in [4.78, 5) is 11.6. The number of rotatable bonds is 3. The molecule has 0 spiro atoms. The van der Waals surface area contributed by atoms with Crippen LogP contribution in [0.4, 0.5) is 13.2 Å². The molecule has 1 atom stereocenters. The van der Waals surface area contributed by atoms with Gasteiger partial charge in [0.1, 0.15) is 0 Å². The third-order valence-corrected chi connectivity index (χ3v) is 2.60. The molecule has 0 amide bonds. The molecular formula is C12H13F3O2. The van der Waals surface area contributed by atoms with E-state index in [1.54, 1.807) is 6.07 Å². The van der Waals surface area contributed by atoms with Gasteiger partial charge in [-0.05, 0) is 19.4 Å². The van der Waals surface area contributed by atoms with Crippen molar-refractivity contribution in [3.63, 3.8) is 0 Å². The second-order valence-corrected chi connectivity index (χ2v) is 3.71. The standard InChI is InChI=1S/C12H13F3O2/c1-3-17-10(16)11(2,12(13,14)15)9-7-5-4-6-8-9/h4-8H,3H2,1-2H3. The van der Waals surface area contributed by atoms with E-state index < -0.39 is 17.6 Å². The van der Waals surface area contributed by atoms with Crippen LogP contribution in [-0.2, 0) is 14.9 Å². The van der Waals surface area contributed by atoms with Crippen molar-refractivity contribution in [1.82, 2.24) is 0 Å². The van der Waals surface area contributed by atoms with E-state index in [9.17, 15) is 18.0 Å². The van der Waals surface area contributed by atoms with Crippen LogP contribution in [0.1, 0.15) is 19.4 Å². The molecular weight excluding hydrogens is 233 g/mol. The van der Waals surface area contributed by atoms with Crippen LogP contribution in [0.2, 0.25) is 0 Å². The number of benzene rings is 1. The van der Waals surface area contributed by atoms with E-state index in [2.05, 4.69) is 4.74 Å². The van der Waals surface area contributed by atoms with Crippen molar-refractivity contribution in [3.8, 4) is 0 Å². The minimum Gasteiger partial charge on any atom is -0.465 e. The molecule has 0 aliphatic heterocycles. The second kappa shape index (κ2) is 4.77. The van der Waals surface area contributed by atoms with E-state index >= 15 is 0 Å². The van der Waals surface area contributed by atoms with Gasteiger partial charge in [-0.2, -0.15) is 13.2 Å². The van der Waals surface area contributed by atoms with Gasteiger partial charge in [0.15, 0.2) is 5.41 Å². The van der Waals surface area contributed by atoms with Crippen molar-refractivity contribution in [2.45, 2.75) is 25.4 Å². The summed E-state index contributed by atoms with van der Waals surface area (Å²) in [6.45, 7) is 2.22. The van der Waals surface area contributed by atoms with Crippen LogP contribution in [0.15, 0.2) is 30.3 Å². The van der Waals surface area contributed by atoms with Crippen LogP contribution in [0.5, 0.6) is 0 Å². The topological polar surface area (TPSA) is 26.3 Å². The molecule has 1 rings (SSSR count). The Balaban J connectivity index is 3.26. The normalized spacial score (nSPS) is 15.1. The zero-order chi connectivity index (χ0) is 13.1. The Morgan fingerprint density at radius 3 is 2.18 bits per heavy atom. The Hall–Kier alpha value is -1.52. The fourth-order valence-electron chi connectivity index (χ4n) is 1.44. The average molecular weight is 246 g/mol. The Morgan fingerprint density at radius 1 is 1.24 bits per heavy atom. The predicted molar refractivity (Wildman–Crippen MR) is 56.5 cm³/mol. The molecule has 0 saturated carbocycles. The summed E-state index contributed by atoms with van der Waals surface area (Å²) >= 11 is 0. The molecule has 5 heteroatoms. The average Bonchev–Trinajstić information content (AvgIpc) is 2.28. The van der Waals surface area contributed by atoms with E-state index in [4.69, 9.17) is 0 Å². The monoisotopic (exact) mass is 246 g/mol. The molecule has 17 heavy (non-hydrogen) atoms. The summed E-state index contributed by atoms with van der Waals surface area (Å²) in [6.07, 6.45) is -4.69. The van der Waals surface area contributed by atoms with Gasteiger partial charge in [-0.3, -0.25) is 4.79 Å². The summed E-state index contributed by atoms with van der Waals surface area (Å²) in [5, 5.41) is 0. The summed E-state index contributed by atoms with van der Waals surface area (Å²) in [6, 6.07) is 7.04. The van der Waals surface area contributed by atoms with E-state index in [0.717, 1.165) is 6.92 Å². The van der Waals surface area contributed by atoms with Gasteiger partial charge >= 0.3 is 12.1 Å². The van der Waals surface area contributed by atoms with Crippen molar-refractivity contribution in [2.24, 2.45) is 0 Å². The van der Waals surface area contributed by atoms with Crippen LogP contribution in [0, 0.1) is 0 Å². The molecule has 2 nitrogen and oxygen atoms in total. The lowest BCUT2D eigenvalue weighted by atomic mass is 9.82. The van der Waals surface area contributed by atoms with Crippen LogP contribution in [-0.4, -0.2) is 18.8 Å². The number of hydrogen-bond acceptors (Lipinski definition) is 2. The number of esters is 1. The fourth-order valence-corrected chi connectivity index (χ4v) is 1.44. The van der Waals surface area contributed by atoms with Gasteiger partial charge in [0.05, 0.1) is 6.61 Å². The van der Waals surface area contributed by atoms with Crippen LogP contribution < -0.4 is 0 Å². The first-order valence-corrected chi connectivity index (χ1v) is 5.13. The van der Waals surface area contributed by atoms with Crippen molar-refractivity contribution in [1.29, 1.82) is 0 Å². The summed E-state index contributed by atoms with van der Waals surface area (Å²) < 4.78 is 43.7. The van der Waals surface area contributed by atoms with E-state index in [1.165, 1.54) is 31.2 Å². The van der Waals surface area contributed by atoms with Crippen LogP contribution in [0.3, 0.4) is 0 Å². The van der Waals surface area contributed by atoms with Crippen molar-refractivity contribution < 1.29 is 22.7 Å². The zero-order valence-corrected chi connectivity index (χ0v) is 9.54. The first kappa shape index (κ1) is 13.5. The maximum Gasteiger partial charge on any atom is 0.408 e. The fraction of sp³-hybridized carbons (Fsp3) is 0.417. The quantitative estimate of drug-likeness (QED) is 0.766. The molecule has 0 bridgehead atoms. The molecule has 0 radical (unpaired) electrons. The van der Waals surface area contributed by atoms with Crippen LogP contribution in [0.25, 0.3) is 0 Å². The summed E-state index contributed by atoms with van der Waals surface area (Å²) in [5.74, 6) is -1.28. The highest BCUT2D eigenvalue weighted by atomic mass is 19.4. The molecule has 0 N–H and O–H groups in total. The molecule has 1 aromatic carbocycles. The van der Waals surface area contributed by atoms with Gasteiger partial charge in [-0.15, -0.1) is 0 Å². The van der Waals surface area contributed by atoms with Crippen molar-refractivity contribution >= 4 is 5.97 Å². The molecule has 0 aliphatic rings. The SMILES string of the molecule is CCOC(=O)C(C)(c1ccccc1)C(F)(F)F. The van der Waals surface area contributed by atoms with Gasteiger partial charge in [0.25, 0.3) is 0 Å². The maximum absolute atomic E-state index is 13.1. The number of alkyl halides is 3. The van der Waals surface area contributed by atoms with Gasteiger partial charge in [0, 0.05) is 0 Å². The first-order chi connectivity index (χ1) is 7.84. The lowest BCUT2D eigenvalue weighted by Gasteiger charge is -2.29. The predicted octanol–water partition coefficient (Wildman–Crippen LogP) is 3.07. The highest BCUT2D eigenvalue weighted by Crippen LogP contribution is 2.41. The summed E-state index contributed by atoms with van der Waals surface area (Å²) in [7, 11) is 0. The molecule has 94 valence electrons. The Morgan fingerprint density at radius 2 is 1.76 bits per heavy atom. The summed E-state index contributed by atoms with van der Waals surface area (Å²) in [5.41, 5.74) is -2.74. The minimum absolute atomic E-state index is 0.0860. The Bertz CT molecular complexity index is 386. The number of hydrogen-bond donors (Lipinski definition) is 0. The van der Waals surface area contributed by atoms with E-state index in [0.29, 0.717) is 0 Å².